The number of hydrogen-bond acceptors (Lipinski definition) is 7. The fourth-order valence-electron chi connectivity index (χ4n) is 4.14. The zero-order valence-corrected chi connectivity index (χ0v) is 25.3. The first kappa shape index (κ1) is 34.4. The maximum Gasteiger partial charge on any atom is 0.408 e. The molecule has 40 heavy (non-hydrogen) atoms. The predicted molar refractivity (Wildman–Crippen MR) is 151 cm³/mol. The Hall–Kier alpha value is -3.63. The molecule has 0 heterocycles. The van der Waals surface area contributed by atoms with E-state index < -0.39 is 66.5 Å². The number of carbonyl (C=O) groups excluding carboxylic acids is 5. The van der Waals surface area contributed by atoms with Crippen molar-refractivity contribution in [1.29, 1.82) is 0 Å². The van der Waals surface area contributed by atoms with Crippen LogP contribution in [-0.2, 0) is 28.7 Å². The Morgan fingerprint density at radius 3 is 2.17 bits per heavy atom. The molecule has 4 N–H and O–H groups in total. The minimum atomic E-state index is -1.39. The third kappa shape index (κ3) is 11.2. The van der Waals surface area contributed by atoms with Crippen LogP contribution in [0.1, 0.15) is 83.5 Å². The summed E-state index contributed by atoms with van der Waals surface area (Å²) in [6.45, 7) is 14.2. The van der Waals surface area contributed by atoms with Crippen molar-refractivity contribution in [3.05, 3.63) is 34.9 Å². The van der Waals surface area contributed by atoms with E-state index in [-0.39, 0.29) is 0 Å². The molecule has 1 aromatic carbocycles. The van der Waals surface area contributed by atoms with Crippen LogP contribution in [0.15, 0.2) is 18.2 Å². The second kappa shape index (κ2) is 15.2. The molecule has 3 atom stereocenters. The summed E-state index contributed by atoms with van der Waals surface area (Å²) in [5.41, 5.74) is 6.75. The molecule has 0 radical (unpaired) electrons. The first-order valence-corrected chi connectivity index (χ1v) is 13.5. The average Bonchev–Trinajstić information content (AvgIpc) is 2.83. The molecule has 1 aromatic rings. The average molecular weight is 563 g/mol. The van der Waals surface area contributed by atoms with Gasteiger partial charge in [0.25, 0.3) is 0 Å². The summed E-state index contributed by atoms with van der Waals surface area (Å²) in [5.74, 6) is -2.45. The van der Waals surface area contributed by atoms with Crippen molar-refractivity contribution in [2.24, 2.45) is 11.7 Å². The highest BCUT2D eigenvalue weighted by Crippen LogP contribution is 2.30. The van der Waals surface area contributed by atoms with Gasteiger partial charge in [-0.25, -0.2) is 4.79 Å². The molecule has 0 aliphatic heterocycles. The van der Waals surface area contributed by atoms with Crippen LogP contribution in [0.3, 0.4) is 0 Å². The van der Waals surface area contributed by atoms with Gasteiger partial charge in [-0.2, -0.15) is 0 Å². The Balaban J connectivity index is 3.72. The number of benzene rings is 1. The van der Waals surface area contributed by atoms with Gasteiger partial charge in [-0.1, -0.05) is 37.6 Å². The second-order valence-electron chi connectivity index (χ2n) is 11.5. The maximum absolute atomic E-state index is 14.3. The Labute approximate surface area is 237 Å². The van der Waals surface area contributed by atoms with Crippen molar-refractivity contribution >= 4 is 29.8 Å². The minimum Gasteiger partial charge on any atom is -0.468 e. The lowest BCUT2D eigenvalue weighted by molar-refractivity contribution is -0.147. The highest BCUT2D eigenvalue weighted by atomic mass is 16.6. The Bertz CT molecular complexity index is 1060. The summed E-state index contributed by atoms with van der Waals surface area (Å²) in [4.78, 5) is 65.9. The summed E-state index contributed by atoms with van der Waals surface area (Å²) in [5, 5.41) is 5.05. The van der Waals surface area contributed by atoms with Crippen molar-refractivity contribution in [2.75, 3.05) is 13.7 Å². The molecule has 1 rings (SSSR count). The number of carbonyl (C=O) groups is 5. The number of nitrogens with two attached hydrogens (primary N) is 1. The smallest absolute Gasteiger partial charge is 0.408 e. The number of rotatable bonds is 13. The van der Waals surface area contributed by atoms with Crippen LogP contribution in [0.25, 0.3) is 0 Å². The molecule has 0 saturated heterocycles. The maximum atomic E-state index is 14.3. The lowest BCUT2D eigenvalue weighted by atomic mass is 9.93. The van der Waals surface area contributed by atoms with E-state index in [1.54, 1.807) is 33.8 Å². The van der Waals surface area contributed by atoms with E-state index in [4.69, 9.17) is 10.5 Å². The molecule has 0 bridgehead atoms. The molecular formula is C29H46N4O7. The van der Waals surface area contributed by atoms with E-state index >= 15 is 0 Å². The van der Waals surface area contributed by atoms with Gasteiger partial charge in [0.1, 0.15) is 24.2 Å². The Kier molecular flexibility index (Phi) is 13.1. The van der Waals surface area contributed by atoms with Crippen LogP contribution in [0.2, 0.25) is 0 Å². The number of nitrogens with one attached hydrogen (secondary N) is 2. The van der Waals surface area contributed by atoms with Gasteiger partial charge in [0, 0.05) is 6.04 Å². The first-order chi connectivity index (χ1) is 18.5. The van der Waals surface area contributed by atoms with Crippen molar-refractivity contribution in [3.8, 4) is 0 Å². The second-order valence-corrected chi connectivity index (χ2v) is 11.5. The fourth-order valence-corrected chi connectivity index (χ4v) is 4.14. The van der Waals surface area contributed by atoms with E-state index in [1.807, 2.05) is 39.8 Å². The third-order valence-electron chi connectivity index (χ3n) is 6.18. The van der Waals surface area contributed by atoms with Crippen molar-refractivity contribution in [3.63, 3.8) is 0 Å². The summed E-state index contributed by atoms with van der Waals surface area (Å²) in [6, 6.07) is 2.45. The lowest BCUT2D eigenvalue weighted by Crippen LogP contribution is -2.56. The van der Waals surface area contributed by atoms with Gasteiger partial charge in [0.15, 0.2) is 0 Å². The Morgan fingerprint density at radius 1 is 1.02 bits per heavy atom. The summed E-state index contributed by atoms with van der Waals surface area (Å²) in [6.07, 6.45) is -0.131. The number of hydrogen-bond donors (Lipinski definition) is 3. The molecule has 0 aromatic heterocycles. The number of amides is 4. The topological polar surface area (TPSA) is 157 Å². The molecule has 0 aliphatic carbocycles. The molecule has 0 spiro atoms. The van der Waals surface area contributed by atoms with E-state index in [0.717, 1.165) is 17.5 Å². The minimum absolute atomic E-state index is 0.313. The normalized spacial score (nSPS) is 13.6. The van der Waals surface area contributed by atoms with E-state index in [9.17, 15) is 24.0 Å². The molecule has 0 saturated carbocycles. The fraction of sp³-hybridized carbons (Fsp3) is 0.621. The molecule has 11 nitrogen and oxygen atoms in total. The number of aryl methyl sites for hydroxylation is 2. The lowest BCUT2D eigenvalue weighted by Gasteiger charge is -2.39. The molecule has 3 unspecified atom stereocenters. The largest absolute Gasteiger partial charge is 0.468 e. The van der Waals surface area contributed by atoms with Gasteiger partial charge in [-0.3, -0.25) is 19.2 Å². The van der Waals surface area contributed by atoms with E-state index in [2.05, 4.69) is 15.4 Å². The number of nitrogens with zero attached hydrogens (tertiary/aromatic N) is 1. The molecular weight excluding hydrogens is 516 g/mol. The molecule has 4 amide bonds. The van der Waals surface area contributed by atoms with Gasteiger partial charge in [-0.05, 0) is 71.4 Å². The van der Waals surface area contributed by atoms with Gasteiger partial charge in [0.05, 0.1) is 13.5 Å². The van der Waals surface area contributed by atoms with Gasteiger partial charge < -0.3 is 30.7 Å². The van der Waals surface area contributed by atoms with E-state index in [0.29, 0.717) is 17.9 Å². The van der Waals surface area contributed by atoms with Crippen LogP contribution in [0.4, 0.5) is 4.79 Å². The number of methoxy groups -OCH3 is 1. The monoisotopic (exact) mass is 562 g/mol. The third-order valence-corrected chi connectivity index (χ3v) is 6.18. The number of primary amides is 1. The van der Waals surface area contributed by atoms with Gasteiger partial charge in [-0.15, -0.1) is 0 Å². The zero-order chi connectivity index (χ0) is 30.8. The van der Waals surface area contributed by atoms with Crippen molar-refractivity contribution < 1.29 is 33.4 Å². The van der Waals surface area contributed by atoms with Crippen LogP contribution >= 0.6 is 0 Å². The zero-order valence-electron chi connectivity index (χ0n) is 25.3. The van der Waals surface area contributed by atoms with Gasteiger partial charge in [0.2, 0.25) is 17.7 Å². The van der Waals surface area contributed by atoms with Crippen LogP contribution < -0.4 is 16.4 Å². The standard InChI is InChI=1S/C29H46N4O7/c1-17(2)10-13-20(5)33(27(37)22(15-23(30)34)32-28(38)40-29(6,7)8)25(26(36)31-16-24(35)39-9)21-14-18(3)11-12-19(21)4/h11-12,14,17,20,22,25H,10,13,15-16H2,1-9H3,(H2,30,34)(H,31,36)(H,32,38). The Morgan fingerprint density at radius 2 is 1.65 bits per heavy atom. The van der Waals surface area contributed by atoms with Crippen LogP contribution in [-0.4, -0.2) is 66.0 Å². The van der Waals surface area contributed by atoms with Crippen LogP contribution in [0, 0.1) is 19.8 Å². The number of alkyl carbamates (subject to hydrolysis) is 1. The molecule has 0 fully saturated rings. The predicted octanol–water partition coefficient (Wildman–Crippen LogP) is 3.06. The van der Waals surface area contributed by atoms with Gasteiger partial charge >= 0.3 is 12.1 Å². The highest BCUT2D eigenvalue weighted by Gasteiger charge is 2.40. The molecule has 11 heteroatoms. The van der Waals surface area contributed by atoms with Crippen LogP contribution in [0.5, 0.6) is 0 Å². The first-order valence-electron chi connectivity index (χ1n) is 13.5. The van der Waals surface area contributed by atoms with Crippen molar-refractivity contribution in [1.82, 2.24) is 15.5 Å². The molecule has 224 valence electrons. The summed E-state index contributed by atoms with van der Waals surface area (Å²) < 4.78 is 9.99. The SMILES string of the molecule is COC(=O)CNC(=O)C(c1cc(C)ccc1C)N(C(=O)C(CC(N)=O)NC(=O)OC(C)(C)C)C(C)CCC(C)C. The quantitative estimate of drug-likeness (QED) is 0.312. The molecule has 0 aliphatic rings. The number of ether oxygens (including phenoxy) is 2. The summed E-state index contributed by atoms with van der Waals surface area (Å²) in [7, 11) is 1.21. The summed E-state index contributed by atoms with van der Waals surface area (Å²) >= 11 is 0. The van der Waals surface area contributed by atoms with Crippen molar-refractivity contribution in [2.45, 2.75) is 98.4 Å². The highest BCUT2D eigenvalue weighted by molar-refractivity contribution is 5.95. The number of esters is 1. The van der Waals surface area contributed by atoms with E-state index in [1.165, 1.54) is 12.0 Å².